The Labute approximate surface area is 202 Å². The van der Waals surface area contributed by atoms with Crippen molar-refractivity contribution in [1.29, 1.82) is 0 Å². The molecule has 8 heteroatoms. The monoisotopic (exact) mass is 483 g/mol. The lowest BCUT2D eigenvalue weighted by molar-refractivity contribution is -0.121. The van der Waals surface area contributed by atoms with Crippen LogP contribution in [-0.2, 0) is 17.8 Å². The largest absolute Gasteiger partial charge is 0.490 e. The number of carbonyl (C=O) groups excluding carboxylic acids is 1. The summed E-state index contributed by atoms with van der Waals surface area (Å²) in [5, 5.41) is 9.07. The van der Waals surface area contributed by atoms with Crippen LogP contribution in [0.3, 0.4) is 0 Å². The number of aromatic carboxylic acids is 1. The van der Waals surface area contributed by atoms with Crippen LogP contribution in [0.5, 0.6) is 11.5 Å². The lowest BCUT2D eigenvalue weighted by atomic mass is 10.0. The average molecular weight is 484 g/mol. The van der Waals surface area contributed by atoms with E-state index in [9.17, 15) is 9.59 Å². The Morgan fingerprint density at radius 2 is 1.94 bits per heavy atom. The second kappa shape index (κ2) is 11.2. The molecular weight excluding hydrogens is 458 g/mol. The summed E-state index contributed by atoms with van der Waals surface area (Å²) in [6.45, 7) is 8.85. The van der Waals surface area contributed by atoms with E-state index in [0.29, 0.717) is 40.3 Å². The fourth-order valence-corrected chi connectivity index (χ4v) is 4.71. The highest BCUT2D eigenvalue weighted by atomic mass is 32.2. The van der Waals surface area contributed by atoms with Gasteiger partial charge in [0.1, 0.15) is 10.9 Å². The van der Waals surface area contributed by atoms with Crippen LogP contribution < -0.4 is 9.47 Å². The smallest absolute Gasteiger partial charge is 0.335 e. The van der Waals surface area contributed by atoms with Crippen molar-refractivity contribution >= 4 is 46.3 Å². The summed E-state index contributed by atoms with van der Waals surface area (Å²) >= 11 is 6.59. The molecule has 0 spiro atoms. The second-order valence-electron chi connectivity index (χ2n) is 7.15. The van der Waals surface area contributed by atoms with Crippen molar-refractivity contribution in [3.63, 3.8) is 0 Å². The van der Waals surface area contributed by atoms with Crippen LogP contribution in [0.25, 0.3) is 6.08 Å². The van der Waals surface area contributed by atoms with Gasteiger partial charge in [0.05, 0.1) is 17.1 Å². The van der Waals surface area contributed by atoms with Gasteiger partial charge in [-0.05, 0) is 61.7 Å². The number of thiocarbonyl (C=S) groups is 1. The van der Waals surface area contributed by atoms with Crippen LogP contribution in [0.4, 0.5) is 0 Å². The van der Waals surface area contributed by atoms with Crippen molar-refractivity contribution < 1.29 is 24.2 Å². The topological polar surface area (TPSA) is 76.1 Å². The van der Waals surface area contributed by atoms with Crippen LogP contribution in [0.15, 0.2) is 54.0 Å². The molecule has 0 aromatic heterocycles. The normalized spacial score (nSPS) is 14.6. The zero-order valence-electron chi connectivity index (χ0n) is 18.5. The van der Waals surface area contributed by atoms with Gasteiger partial charge in [0.2, 0.25) is 0 Å². The van der Waals surface area contributed by atoms with E-state index in [-0.39, 0.29) is 18.1 Å². The van der Waals surface area contributed by atoms with Gasteiger partial charge in [-0.2, -0.15) is 0 Å². The maximum atomic E-state index is 12.6. The number of likely N-dealkylation sites (N-methyl/N-ethyl adjacent to an activating group) is 1. The minimum absolute atomic E-state index is 0.0964. The first kappa shape index (κ1) is 24.5. The molecule has 2 aromatic rings. The molecule has 1 fully saturated rings. The Bertz CT molecular complexity index is 1110. The summed E-state index contributed by atoms with van der Waals surface area (Å²) in [4.78, 5) is 25.8. The number of amides is 1. The summed E-state index contributed by atoms with van der Waals surface area (Å²) in [6.07, 6.45) is 4.14. The van der Waals surface area contributed by atoms with Crippen LogP contribution in [0.2, 0.25) is 0 Å². The van der Waals surface area contributed by atoms with Crippen molar-refractivity contribution in [2.75, 3.05) is 13.2 Å². The molecule has 1 aliphatic heterocycles. The second-order valence-corrected chi connectivity index (χ2v) is 8.83. The highest BCUT2D eigenvalue weighted by molar-refractivity contribution is 8.26. The molecule has 0 aliphatic carbocycles. The lowest BCUT2D eigenvalue weighted by Crippen LogP contribution is -2.27. The predicted octanol–water partition coefficient (Wildman–Crippen LogP) is 5.31. The number of carbonyl (C=O) groups is 2. The summed E-state index contributed by atoms with van der Waals surface area (Å²) in [7, 11) is 0. The van der Waals surface area contributed by atoms with Gasteiger partial charge in [0, 0.05) is 12.1 Å². The molecule has 2 aromatic carbocycles. The Hall–Kier alpha value is -3.10. The van der Waals surface area contributed by atoms with E-state index in [1.807, 2.05) is 32.1 Å². The number of hydrogen-bond acceptors (Lipinski definition) is 6. The molecule has 0 saturated carbocycles. The zero-order valence-corrected chi connectivity index (χ0v) is 20.1. The number of rotatable bonds is 10. The summed E-state index contributed by atoms with van der Waals surface area (Å²) < 4.78 is 12.5. The number of carboxylic acid groups (broad SMARTS) is 1. The maximum absolute atomic E-state index is 12.6. The Morgan fingerprint density at radius 3 is 2.52 bits per heavy atom. The predicted molar refractivity (Wildman–Crippen MR) is 135 cm³/mol. The van der Waals surface area contributed by atoms with Crippen LogP contribution >= 0.6 is 24.0 Å². The van der Waals surface area contributed by atoms with E-state index in [2.05, 4.69) is 6.58 Å². The molecule has 0 radical (unpaired) electrons. The van der Waals surface area contributed by atoms with Crippen molar-refractivity contribution in [2.45, 2.75) is 26.9 Å². The van der Waals surface area contributed by atoms with Gasteiger partial charge in [-0.25, -0.2) is 4.79 Å². The number of ether oxygens (including phenoxy) is 2. The number of carboxylic acids is 1. The first-order valence-corrected chi connectivity index (χ1v) is 11.7. The molecule has 0 atom stereocenters. The number of benzene rings is 2. The minimum atomic E-state index is -0.971. The van der Waals surface area contributed by atoms with E-state index in [0.717, 1.165) is 16.7 Å². The van der Waals surface area contributed by atoms with Crippen molar-refractivity contribution in [3.05, 3.63) is 76.2 Å². The van der Waals surface area contributed by atoms with Gasteiger partial charge in [-0.1, -0.05) is 42.2 Å². The van der Waals surface area contributed by atoms with E-state index < -0.39 is 5.97 Å². The first-order valence-electron chi connectivity index (χ1n) is 10.5. The quantitative estimate of drug-likeness (QED) is 0.279. The zero-order chi connectivity index (χ0) is 24.0. The molecule has 1 saturated heterocycles. The van der Waals surface area contributed by atoms with E-state index in [1.54, 1.807) is 35.2 Å². The Kier molecular flexibility index (Phi) is 8.30. The summed E-state index contributed by atoms with van der Waals surface area (Å²) in [5.74, 6) is 0.0928. The number of allylic oxidation sites excluding steroid dienone is 1. The Balaban J connectivity index is 1.92. The third-order valence-electron chi connectivity index (χ3n) is 4.89. The van der Waals surface area contributed by atoms with E-state index >= 15 is 0 Å². The molecule has 172 valence electrons. The van der Waals surface area contributed by atoms with Crippen molar-refractivity contribution in [3.8, 4) is 11.5 Å². The van der Waals surface area contributed by atoms with Crippen LogP contribution in [0.1, 0.15) is 40.9 Å². The van der Waals surface area contributed by atoms with Crippen molar-refractivity contribution in [2.24, 2.45) is 0 Å². The van der Waals surface area contributed by atoms with Gasteiger partial charge < -0.3 is 14.6 Å². The van der Waals surface area contributed by atoms with Gasteiger partial charge >= 0.3 is 5.97 Å². The molecule has 1 amide bonds. The number of nitrogens with zero attached hydrogens (tertiary/aromatic N) is 1. The minimum Gasteiger partial charge on any atom is -0.490 e. The standard InChI is InChI=1S/C25H25NO5S2/c1-4-7-19-12-17(14-21-23(27)26(5-2)25(32)33-21)13-20(30-6-3)22(19)31-15-16-8-10-18(11-9-16)24(28)29/h4,8-14H,1,5-7,15H2,2-3H3,(H,28,29)/b21-14-. The van der Waals surface area contributed by atoms with Crippen LogP contribution in [-0.4, -0.2) is 39.4 Å². The Morgan fingerprint density at radius 1 is 1.21 bits per heavy atom. The fraction of sp³-hybridized carbons (Fsp3) is 0.240. The molecule has 33 heavy (non-hydrogen) atoms. The molecule has 6 nitrogen and oxygen atoms in total. The third-order valence-corrected chi connectivity index (χ3v) is 6.27. The number of thioether (sulfide) groups is 1. The first-order chi connectivity index (χ1) is 15.9. The van der Waals surface area contributed by atoms with Gasteiger partial charge in [-0.3, -0.25) is 9.69 Å². The van der Waals surface area contributed by atoms with Gasteiger partial charge in [0.25, 0.3) is 5.91 Å². The molecule has 1 N–H and O–H groups in total. The van der Waals surface area contributed by atoms with Crippen molar-refractivity contribution in [1.82, 2.24) is 4.90 Å². The van der Waals surface area contributed by atoms with Crippen LogP contribution in [0, 0.1) is 0 Å². The summed E-state index contributed by atoms with van der Waals surface area (Å²) in [5.41, 5.74) is 2.73. The number of hydrogen-bond donors (Lipinski definition) is 1. The average Bonchev–Trinajstić information content (AvgIpc) is 3.06. The van der Waals surface area contributed by atoms with Gasteiger partial charge in [0.15, 0.2) is 11.5 Å². The highest BCUT2D eigenvalue weighted by Gasteiger charge is 2.30. The van der Waals surface area contributed by atoms with Gasteiger partial charge in [-0.15, -0.1) is 6.58 Å². The third kappa shape index (κ3) is 5.83. The molecule has 0 unspecified atom stereocenters. The SMILES string of the molecule is C=CCc1cc(/C=C2\SC(=S)N(CC)C2=O)cc(OCC)c1OCc1ccc(C(=O)O)cc1. The molecule has 1 heterocycles. The van der Waals surface area contributed by atoms with E-state index in [1.165, 1.54) is 11.8 Å². The summed E-state index contributed by atoms with van der Waals surface area (Å²) in [6, 6.07) is 10.3. The lowest BCUT2D eigenvalue weighted by Gasteiger charge is -2.17. The molecule has 0 bridgehead atoms. The fourth-order valence-electron chi connectivity index (χ4n) is 3.32. The molecular formula is C25H25NO5S2. The van der Waals surface area contributed by atoms with E-state index in [4.69, 9.17) is 26.8 Å². The maximum Gasteiger partial charge on any atom is 0.335 e. The molecule has 1 aliphatic rings. The molecule has 3 rings (SSSR count). The highest BCUT2D eigenvalue weighted by Crippen LogP contribution is 2.37.